The molecular formula is C8H10O. The first-order chi connectivity index (χ1) is 4.22. The van der Waals surface area contributed by atoms with Gasteiger partial charge in [0, 0.05) is 5.57 Å². The molecule has 0 aromatic rings. The summed E-state index contributed by atoms with van der Waals surface area (Å²) in [7, 11) is 0. The highest BCUT2D eigenvalue weighted by Gasteiger charge is 2.10. The number of rotatable bonds is 0. The quantitative estimate of drug-likeness (QED) is 0.448. The molecule has 1 rings (SSSR count). The van der Waals surface area contributed by atoms with Gasteiger partial charge in [-0.25, -0.2) is 0 Å². The van der Waals surface area contributed by atoms with Crippen molar-refractivity contribution >= 4 is 5.78 Å². The minimum atomic E-state index is 0.190. The number of carbonyl (C=O) groups excluding carboxylic acids is 1. The van der Waals surface area contributed by atoms with Gasteiger partial charge < -0.3 is 0 Å². The molecule has 0 heterocycles. The van der Waals surface area contributed by atoms with E-state index < -0.39 is 0 Å². The van der Waals surface area contributed by atoms with E-state index in [-0.39, 0.29) is 5.78 Å². The maximum absolute atomic E-state index is 10.9. The van der Waals surface area contributed by atoms with Crippen LogP contribution in [0.4, 0.5) is 0 Å². The Labute approximate surface area is 55.1 Å². The SMILES string of the molecule is CC(C)=C1CC=CC1=O. The molecule has 0 bridgehead atoms. The van der Waals surface area contributed by atoms with Crippen molar-refractivity contribution in [2.45, 2.75) is 20.3 Å². The van der Waals surface area contributed by atoms with Crippen LogP contribution < -0.4 is 0 Å². The molecule has 0 saturated heterocycles. The minimum absolute atomic E-state index is 0.190. The van der Waals surface area contributed by atoms with Crippen LogP contribution in [0.3, 0.4) is 0 Å². The van der Waals surface area contributed by atoms with Crippen LogP contribution in [0.25, 0.3) is 0 Å². The molecule has 0 spiro atoms. The number of allylic oxidation sites excluding steroid dienone is 4. The summed E-state index contributed by atoms with van der Waals surface area (Å²) < 4.78 is 0. The predicted octanol–water partition coefficient (Wildman–Crippen LogP) is 1.85. The monoisotopic (exact) mass is 122 g/mol. The van der Waals surface area contributed by atoms with E-state index in [0.29, 0.717) is 0 Å². The van der Waals surface area contributed by atoms with Gasteiger partial charge in [-0.1, -0.05) is 11.6 Å². The zero-order valence-corrected chi connectivity index (χ0v) is 5.77. The molecular weight excluding hydrogens is 112 g/mol. The molecule has 0 amide bonds. The molecule has 0 aromatic heterocycles. The minimum Gasteiger partial charge on any atom is -0.290 e. The fourth-order valence-corrected chi connectivity index (χ4v) is 0.936. The lowest BCUT2D eigenvalue weighted by Gasteiger charge is -1.94. The van der Waals surface area contributed by atoms with Crippen LogP contribution in [0, 0.1) is 0 Å². The van der Waals surface area contributed by atoms with Crippen LogP contribution in [0.15, 0.2) is 23.3 Å². The molecule has 0 atom stereocenters. The first-order valence-corrected chi connectivity index (χ1v) is 3.09. The molecule has 0 unspecified atom stereocenters. The summed E-state index contributed by atoms with van der Waals surface area (Å²) in [6, 6.07) is 0. The maximum atomic E-state index is 10.9. The second-order valence-corrected chi connectivity index (χ2v) is 2.45. The van der Waals surface area contributed by atoms with Gasteiger partial charge in [0.25, 0.3) is 0 Å². The fraction of sp³-hybridized carbons (Fsp3) is 0.375. The van der Waals surface area contributed by atoms with E-state index in [4.69, 9.17) is 0 Å². The number of hydrogen-bond acceptors (Lipinski definition) is 1. The smallest absolute Gasteiger partial charge is 0.181 e. The molecule has 0 saturated carbocycles. The maximum Gasteiger partial charge on any atom is 0.181 e. The molecule has 0 fully saturated rings. The molecule has 0 aliphatic heterocycles. The summed E-state index contributed by atoms with van der Waals surface area (Å²) >= 11 is 0. The van der Waals surface area contributed by atoms with Gasteiger partial charge in [0.15, 0.2) is 5.78 Å². The molecule has 1 nitrogen and oxygen atoms in total. The molecule has 0 radical (unpaired) electrons. The standard InChI is InChI=1S/C8H10O/c1-6(2)7-4-3-5-8(7)9/h3,5H,4H2,1-2H3. The fourth-order valence-electron chi connectivity index (χ4n) is 0.936. The Bertz CT molecular complexity index is 190. The van der Waals surface area contributed by atoms with Crippen molar-refractivity contribution in [2.75, 3.05) is 0 Å². The summed E-state index contributed by atoms with van der Waals surface area (Å²) in [5.74, 6) is 0.190. The van der Waals surface area contributed by atoms with Gasteiger partial charge in [-0.2, -0.15) is 0 Å². The highest BCUT2D eigenvalue weighted by Crippen LogP contribution is 2.16. The predicted molar refractivity (Wildman–Crippen MR) is 37.1 cm³/mol. The van der Waals surface area contributed by atoms with Crippen LogP contribution in [0.1, 0.15) is 20.3 Å². The van der Waals surface area contributed by atoms with Gasteiger partial charge >= 0.3 is 0 Å². The Morgan fingerprint density at radius 1 is 1.56 bits per heavy atom. The topological polar surface area (TPSA) is 17.1 Å². The molecule has 1 aliphatic carbocycles. The van der Waals surface area contributed by atoms with Crippen LogP contribution >= 0.6 is 0 Å². The highest BCUT2D eigenvalue weighted by atomic mass is 16.1. The molecule has 0 N–H and O–H groups in total. The van der Waals surface area contributed by atoms with Gasteiger partial charge in [0.05, 0.1) is 0 Å². The number of ketones is 1. The van der Waals surface area contributed by atoms with E-state index in [1.165, 1.54) is 0 Å². The largest absolute Gasteiger partial charge is 0.290 e. The lowest BCUT2D eigenvalue weighted by molar-refractivity contribution is -0.111. The van der Waals surface area contributed by atoms with Gasteiger partial charge in [-0.05, 0) is 26.3 Å². The van der Waals surface area contributed by atoms with E-state index in [2.05, 4.69) is 0 Å². The first kappa shape index (κ1) is 6.27. The van der Waals surface area contributed by atoms with Crippen LogP contribution in [-0.2, 0) is 4.79 Å². The third kappa shape index (κ3) is 1.10. The Morgan fingerprint density at radius 2 is 2.22 bits per heavy atom. The molecule has 9 heavy (non-hydrogen) atoms. The van der Waals surface area contributed by atoms with E-state index in [0.717, 1.165) is 17.6 Å². The summed E-state index contributed by atoms with van der Waals surface area (Å²) in [5, 5.41) is 0. The van der Waals surface area contributed by atoms with Crippen molar-refractivity contribution in [2.24, 2.45) is 0 Å². The van der Waals surface area contributed by atoms with Gasteiger partial charge in [-0.15, -0.1) is 0 Å². The summed E-state index contributed by atoms with van der Waals surface area (Å²) in [6.45, 7) is 3.94. The number of hydrogen-bond donors (Lipinski definition) is 0. The van der Waals surface area contributed by atoms with Crippen molar-refractivity contribution in [3.63, 3.8) is 0 Å². The van der Waals surface area contributed by atoms with Crippen molar-refractivity contribution in [3.8, 4) is 0 Å². The Hall–Kier alpha value is -0.850. The lowest BCUT2D eigenvalue weighted by atomic mass is 10.1. The Balaban J connectivity index is 2.90. The second kappa shape index (κ2) is 2.18. The zero-order valence-electron chi connectivity index (χ0n) is 5.77. The summed E-state index contributed by atoms with van der Waals surface area (Å²) in [6.07, 6.45) is 4.38. The van der Waals surface area contributed by atoms with Crippen LogP contribution in [-0.4, -0.2) is 5.78 Å². The van der Waals surface area contributed by atoms with Gasteiger partial charge in [0.1, 0.15) is 0 Å². The summed E-state index contributed by atoms with van der Waals surface area (Å²) in [4.78, 5) is 10.9. The number of carbonyl (C=O) groups is 1. The molecule has 0 aromatic carbocycles. The Morgan fingerprint density at radius 3 is 2.44 bits per heavy atom. The first-order valence-electron chi connectivity index (χ1n) is 3.09. The third-order valence-electron chi connectivity index (χ3n) is 1.49. The molecule has 48 valence electrons. The lowest BCUT2D eigenvalue weighted by Crippen LogP contribution is -1.92. The van der Waals surface area contributed by atoms with E-state index in [1.54, 1.807) is 6.08 Å². The highest BCUT2D eigenvalue weighted by molar-refractivity contribution is 6.06. The van der Waals surface area contributed by atoms with Crippen molar-refractivity contribution in [1.29, 1.82) is 0 Å². The van der Waals surface area contributed by atoms with E-state index in [9.17, 15) is 4.79 Å². The Kier molecular flexibility index (Phi) is 1.52. The summed E-state index contributed by atoms with van der Waals surface area (Å²) in [5.41, 5.74) is 2.11. The van der Waals surface area contributed by atoms with E-state index >= 15 is 0 Å². The average Bonchev–Trinajstić information content (AvgIpc) is 2.13. The third-order valence-corrected chi connectivity index (χ3v) is 1.49. The average molecular weight is 122 g/mol. The second-order valence-electron chi connectivity index (χ2n) is 2.45. The van der Waals surface area contributed by atoms with Crippen molar-refractivity contribution in [3.05, 3.63) is 23.3 Å². The van der Waals surface area contributed by atoms with Gasteiger partial charge in [0.2, 0.25) is 0 Å². The van der Waals surface area contributed by atoms with E-state index in [1.807, 2.05) is 19.9 Å². The molecule has 1 aliphatic rings. The molecule has 1 heteroatoms. The van der Waals surface area contributed by atoms with Gasteiger partial charge in [-0.3, -0.25) is 4.79 Å². The van der Waals surface area contributed by atoms with Crippen LogP contribution in [0.2, 0.25) is 0 Å². The zero-order chi connectivity index (χ0) is 6.85. The van der Waals surface area contributed by atoms with Crippen molar-refractivity contribution in [1.82, 2.24) is 0 Å². The van der Waals surface area contributed by atoms with Crippen molar-refractivity contribution < 1.29 is 4.79 Å². The normalized spacial score (nSPS) is 17.1. The van der Waals surface area contributed by atoms with Crippen LogP contribution in [0.5, 0.6) is 0 Å².